The van der Waals surface area contributed by atoms with Crippen molar-refractivity contribution in [2.24, 2.45) is 14.3 Å². The summed E-state index contributed by atoms with van der Waals surface area (Å²) in [5.74, 6) is -0.704. The van der Waals surface area contributed by atoms with E-state index in [4.69, 9.17) is 34.0 Å². The van der Waals surface area contributed by atoms with E-state index in [2.05, 4.69) is 61.3 Å². The van der Waals surface area contributed by atoms with Gasteiger partial charge in [-0.25, -0.2) is 45.0 Å². The molecule has 4 rings (SSSR count). The molecule has 303 valence electrons. The van der Waals surface area contributed by atoms with Crippen LogP contribution in [-0.4, -0.2) is 101 Å². The van der Waals surface area contributed by atoms with Crippen LogP contribution in [0.5, 0.6) is 0 Å². The summed E-state index contributed by atoms with van der Waals surface area (Å²) in [5.41, 5.74) is -3.64. The van der Waals surface area contributed by atoms with Crippen molar-refractivity contribution in [1.82, 2.24) is 19.2 Å². The van der Waals surface area contributed by atoms with Gasteiger partial charge >= 0.3 is 36.9 Å². The van der Waals surface area contributed by atoms with E-state index < -0.39 is 61.7 Å². The minimum atomic E-state index is -3.70. The number of halogens is 4. The number of nitrogens with zero attached hydrogens (tertiary/aromatic N) is 5. The molecule has 0 aliphatic carbocycles. The number of thiol groups is 1. The number of thiophene rings is 2. The molecule has 25 heteroatoms. The summed E-state index contributed by atoms with van der Waals surface area (Å²) in [6, 6.07) is 3.38. The van der Waals surface area contributed by atoms with Crippen molar-refractivity contribution < 1.29 is 41.7 Å². The number of amides is 2. The summed E-state index contributed by atoms with van der Waals surface area (Å²) in [7, 11) is -1.37. The quantitative estimate of drug-likeness (QED) is 0.210. The van der Waals surface area contributed by atoms with Crippen LogP contribution in [0.3, 0.4) is 0 Å². The first-order valence-corrected chi connectivity index (χ1v) is 22.0. The van der Waals surface area contributed by atoms with Crippen molar-refractivity contribution in [3.63, 3.8) is 0 Å². The molecule has 0 spiro atoms. The number of alkyl carbamates (subject to hydrolysis) is 2. The second kappa shape index (κ2) is 19.4. The van der Waals surface area contributed by atoms with Gasteiger partial charge in [-0.2, -0.15) is 0 Å². The van der Waals surface area contributed by atoms with E-state index in [9.17, 15) is 30.8 Å². The summed E-state index contributed by atoms with van der Waals surface area (Å²) in [5, 5.41) is 7.46. The monoisotopic (exact) mass is 957 g/mol. The van der Waals surface area contributed by atoms with Gasteiger partial charge in [0.2, 0.25) is 32.0 Å². The Morgan fingerprint density at radius 2 is 1.33 bits per heavy atom. The van der Waals surface area contributed by atoms with E-state index in [1.54, 1.807) is 72.9 Å². The number of sulfonamides is 2. The number of ether oxygens (including phenoxy) is 2. The predicted molar refractivity (Wildman–Crippen MR) is 222 cm³/mol. The summed E-state index contributed by atoms with van der Waals surface area (Å²) in [6.07, 6.45) is -1.55. The van der Waals surface area contributed by atoms with Gasteiger partial charge in [-0.15, -0.1) is 22.7 Å². The van der Waals surface area contributed by atoms with E-state index in [0.717, 1.165) is 12.4 Å². The van der Waals surface area contributed by atoms with Crippen LogP contribution in [0.2, 0.25) is 10.0 Å². The Labute approximate surface area is 350 Å². The molecular weight excluding hydrogens is 915 g/mol. The molecule has 0 aromatic carbocycles. The van der Waals surface area contributed by atoms with Gasteiger partial charge < -0.3 is 9.47 Å². The van der Waals surface area contributed by atoms with Gasteiger partial charge in [0.15, 0.2) is 0 Å². The molecule has 1 radical (unpaired) electrons. The maximum absolute atomic E-state index is 12.6. The molecule has 4 heterocycles. The normalized spacial score (nSPS) is 21.8. The van der Waals surface area contributed by atoms with Gasteiger partial charge in [-0.1, -0.05) is 23.2 Å². The number of aliphatic imine (C=N–C) groups is 2. The van der Waals surface area contributed by atoms with Crippen LogP contribution in [-0.2, 0) is 40.6 Å². The predicted octanol–water partition coefficient (Wildman–Crippen LogP) is 7.08. The average molecular weight is 960 g/mol. The zero-order chi connectivity index (χ0) is 43.0. The van der Waals surface area contributed by atoms with Gasteiger partial charge in [-0.05, 0) is 88.8 Å². The Hall–Kier alpha value is -2.02. The van der Waals surface area contributed by atoms with Crippen LogP contribution in [0.4, 0.5) is 14.0 Å². The Kier molecular flexibility index (Phi) is 17.3. The molecule has 2 aliphatic rings. The number of carbonyl (C=O) groups excluding carboxylic acids is 2. The number of rotatable bonds is 2. The second-order valence-electron chi connectivity index (χ2n) is 13.6. The third kappa shape index (κ3) is 14.2. The maximum atomic E-state index is 12.6. The Morgan fingerprint density at radius 1 is 0.963 bits per heavy atom. The molecule has 0 bridgehead atoms. The molecule has 2 aromatic heterocycles. The van der Waals surface area contributed by atoms with Gasteiger partial charge in [-0.3, -0.25) is 15.0 Å². The Balaban J connectivity index is 0.000000481. The van der Waals surface area contributed by atoms with Crippen molar-refractivity contribution in [2.75, 3.05) is 32.8 Å². The molecule has 0 fully saturated rings. The molecule has 15 nitrogen and oxygen atoms in total. The molecule has 2 atom stereocenters. The molecule has 2 aliphatic heterocycles. The van der Waals surface area contributed by atoms with E-state index in [0.29, 0.717) is 19.8 Å². The first-order valence-electron chi connectivity index (χ1n) is 15.8. The first-order chi connectivity index (χ1) is 24.9. The van der Waals surface area contributed by atoms with Crippen LogP contribution in [0, 0.1) is 0 Å². The van der Waals surface area contributed by atoms with Crippen LogP contribution < -0.4 is 10.6 Å². The van der Waals surface area contributed by atoms with E-state index in [1.807, 2.05) is 0 Å². The number of carbonyl (C=O) groups is 2. The average Bonchev–Trinajstić information content (AvgIpc) is 3.57. The van der Waals surface area contributed by atoms with Crippen molar-refractivity contribution in [1.29, 1.82) is 0 Å². The third-order valence-corrected chi connectivity index (χ3v) is 14.3. The summed E-state index contributed by atoms with van der Waals surface area (Å²) >= 11 is 21.5. The molecule has 54 heavy (non-hydrogen) atoms. The summed E-state index contributed by atoms with van der Waals surface area (Å²) < 4.78 is 81.3. The topological polar surface area (TPSA) is 188 Å². The fourth-order valence-electron chi connectivity index (χ4n) is 4.46. The van der Waals surface area contributed by atoms with Gasteiger partial charge in [0, 0.05) is 14.1 Å². The standard InChI is InChI=1S/C14H19BrClN3O4S2.C14H20ClN3O4S2.CH3F.BHNS/c1-13(2,3)23-12(20)17-11-18-14(4,7-25(21,22)19(11)5)10-8(16)6-9(15)24-10;1-13(2,3)22-12(19)16-11-17-14(4,8-24(20,21)18(11)5)10-9(15)6-7-23-10;1-2;1-2-3/h6H,7H2,1-5H3,(H,17,18,20);6-7H,8H2,1-5H3,(H,16,17,19);1H3;3H/t2*14-;;/m00../s1/i;;1D;. The van der Waals surface area contributed by atoms with Crippen molar-refractivity contribution in [3.05, 3.63) is 41.1 Å². The number of hydrogen-bond donors (Lipinski definition) is 3. The SMILES string of the molecule is CN1C(NC(=O)OC(C)(C)C)=N[C@](C)(c2sc(Br)cc2Cl)CS1(=O)=O.CN1C(NC(=O)OC(C)(C)C)=N[C@](C)(c2sccc2Cl)CS1(=O)=O.[2H]CF.[B]=NS. The zero-order valence-electron chi connectivity index (χ0n) is 32.0. The van der Waals surface area contributed by atoms with Crippen molar-refractivity contribution in [2.45, 2.75) is 77.7 Å². The molecule has 2 aromatic rings. The number of guanidine groups is 2. The zero-order valence-corrected chi connectivity index (χ0v) is 38.3. The van der Waals surface area contributed by atoms with Gasteiger partial charge in [0.05, 0.1) is 43.6 Å². The Morgan fingerprint density at radius 3 is 1.63 bits per heavy atom. The van der Waals surface area contributed by atoms with Crippen molar-refractivity contribution >= 4 is 126 Å². The minimum absolute atomic E-state index is 0.0949. The molecule has 0 unspecified atom stereocenters. The van der Waals surface area contributed by atoms with Crippen LogP contribution in [0.15, 0.2) is 35.6 Å². The van der Waals surface area contributed by atoms with Crippen molar-refractivity contribution in [3.8, 4) is 0 Å². The molecule has 2 N–H and O–H groups in total. The molecule has 0 saturated carbocycles. The van der Waals surface area contributed by atoms with E-state index in [1.165, 1.54) is 36.8 Å². The van der Waals surface area contributed by atoms with E-state index >= 15 is 0 Å². The fourth-order valence-corrected chi connectivity index (χ4v) is 11.1. The number of alkyl halides is 1. The van der Waals surface area contributed by atoms with Gasteiger partial charge in [0.1, 0.15) is 22.3 Å². The van der Waals surface area contributed by atoms with Crippen LogP contribution in [0.25, 0.3) is 0 Å². The fraction of sp³-hybridized carbons (Fsp3) is 0.586. The number of hydrogen-bond acceptors (Lipinski definition) is 14. The second-order valence-corrected chi connectivity index (χ2v) is 22.0. The first kappa shape index (κ1) is 48.1. The summed E-state index contributed by atoms with van der Waals surface area (Å²) in [4.78, 5) is 34.2. The molecule has 2 amide bonds. The van der Waals surface area contributed by atoms with Gasteiger partial charge in [0.25, 0.3) is 0 Å². The van der Waals surface area contributed by atoms with E-state index in [-0.39, 0.29) is 23.4 Å². The van der Waals surface area contributed by atoms with Crippen LogP contribution >= 0.6 is 74.6 Å². The third-order valence-electron chi connectivity index (χ3n) is 6.54. The number of nitrogens with one attached hydrogen (secondary N) is 2. The summed E-state index contributed by atoms with van der Waals surface area (Å²) in [6.45, 7) is 13.6. The van der Waals surface area contributed by atoms with Crippen LogP contribution in [0.1, 0.15) is 66.5 Å². The molecular formula is C29H43BBrCl2FN7O8S5. The Bertz CT molecular complexity index is 1980. The molecule has 0 saturated heterocycles.